The van der Waals surface area contributed by atoms with E-state index in [4.69, 9.17) is 9.47 Å². The van der Waals surface area contributed by atoms with Crippen LogP contribution in [0.4, 0.5) is 10.5 Å². The van der Waals surface area contributed by atoms with Gasteiger partial charge in [0.2, 0.25) is 0 Å². The van der Waals surface area contributed by atoms with Crippen LogP contribution in [-0.2, 0) is 11.4 Å². The van der Waals surface area contributed by atoms with Crippen molar-refractivity contribution in [3.05, 3.63) is 91.9 Å². The van der Waals surface area contributed by atoms with Crippen LogP contribution in [0, 0.1) is 10.5 Å². The molecule has 0 bridgehead atoms. The standard InChI is InChI=1S/C26H22INO4S/c1-3-31-22-14-19(13-21(27)24(22)32-16-18-11-9-17(2)10-12-18)15-23-25(29)28(26(30)33-23)20-7-5-4-6-8-20/h4-15H,3,16H2,1-2H3/b23-15-. The van der Waals surface area contributed by atoms with Crippen LogP contribution in [0.15, 0.2) is 71.6 Å². The minimum Gasteiger partial charge on any atom is -0.490 e. The van der Waals surface area contributed by atoms with Gasteiger partial charge in [-0.2, -0.15) is 0 Å². The van der Waals surface area contributed by atoms with Crippen molar-refractivity contribution >= 4 is 57.3 Å². The van der Waals surface area contributed by atoms with E-state index in [-0.39, 0.29) is 11.1 Å². The third-order valence-corrected chi connectivity index (χ3v) is 6.61. The number of hydrogen-bond donors (Lipinski definition) is 0. The summed E-state index contributed by atoms with van der Waals surface area (Å²) in [6.45, 7) is 4.86. The molecule has 0 spiro atoms. The van der Waals surface area contributed by atoms with Crippen LogP contribution in [0.1, 0.15) is 23.6 Å². The van der Waals surface area contributed by atoms with E-state index in [2.05, 4.69) is 34.7 Å². The summed E-state index contributed by atoms with van der Waals surface area (Å²) in [7, 11) is 0. The molecule has 0 atom stereocenters. The molecule has 7 heteroatoms. The van der Waals surface area contributed by atoms with Crippen molar-refractivity contribution in [3.8, 4) is 11.5 Å². The maximum Gasteiger partial charge on any atom is 0.298 e. The van der Waals surface area contributed by atoms with Crippen molar-refractivity contribution in [1.82, 2.24) is 0 Å². The molecule has 0 N–H and O–H groups in total. The second-order valence-corrected chi connectivity index (χ2v) is 9.55. The number of nitrogens with zero attached hydrogens (tertiary/aromatic N) is 1. The molecule has 2 amide bonds. The minimum absolute atomic E-state index is 0.310. The van der Waals surface area contributed by atoms with E-state index in [1.807, 2.05) is 44.2 Å². The van der Waals surface area contributed by atoms with Crippen molar-refractivity contribution in [3.63, 3.8) is 0 Å². The Labute approximate surface area is 210 Å². The number of amides is 2. The van der Waals surface area contributed by atoms with E-state index in [9.17, 15) is 9.59 Å². The van der Waals surface area contributed by atoms with Gasteiger partial charge in [0.15, 0.2) is 11.5 Å². The molecule has 1 heterocycles. The van der Waals surface area contributed by atoms with Gasteiger partial charge in [-0.05, 0) is 89.7 Å². The summed E-state index contributed by atoms with van der Waals surface area (Å²) in [6, 6.07) is 20.9. The average molecular weight is 571 g/mol. The number of benzene rings is 3. The summed E-state index contributed by atoms with van der Waals surface area (Å²) in [5.41, 5.74) is 3.60. The number of anilines is 1. The average Bonchev–Trinajstić information content (AvgIpc) is 3.08. The number of imide groups is 1. The van der Waals surface area contributed by atoms with Crippen molar-refractivity contribution in [2.45, 2.75) is 20.5 Å². The largest absolute Gasteiger partial charge is 0.490 e. The van der Waals surface area contributed by atoms with Gasteiger partial charge in [0.25, 0.3) is 11.1 Å². The zero-order chi connectivity index (χ0) is 23.4. The normalized spacial score (nSPS) is 14.8. The van der Waals surface area contributed by atoms with Gasteiger partial charge in [-0.15, -0.1) is 0 Å². The number of halogens is 1. The fourth-order valence-corrected chi connectivity index (χ4v) is 4.96. The van der Waals surface area contributed by atoms with Gasteiger partial charge < -0.3 is 9.47 Å². The van der Waals surface area contributed by atoms with E-state index in [1.165, 1.54) is 10.5 Å². The first-order valence-corrected chi connectivity index (χ1v) is 12.3. The van der Waals surface area contributed by atoms with Crippen LogP contribution in [0.3, 0.4) is 0 Å². The van der Waals surface area contributed by atoms with E-state index >= 15 is 0 Å². The first-order valence-electron chi connectivity index (χ1n) is 10.4. The Bertz CT molecular complexity index is 1210. The molecule has 33 heavy (non-hydrogen) atoms. The van der Waals surface area contributed by atoms with Crippen LogP contribution in [0.5, 0.6) is 11.5 Å². The Morgan fingerprint density at radius 3 is 2.42 bits per heavy atom. The first-order chi connectivity index (χ1) is 16.0. The maximum atomic E-state index is 12.9. The topological polar surface area (TPSA) is 55.8 Å². The minimum atomic E-state index is -0.330. The molecule has 1 fully saturated rings. The van der Waals surface area contributed by atoms with E-state index in [1.54, 1.807) is 30.3 Å². The van der Waals surface area contributed by atoms with E-state index in [0.717, 1.165) is 26.5 Å². The third-order valence-electron chi connectivity index (χ3n) is 4.94. The Morgan fingerprint density at radius 1 is 1.00 bits per heavy atom. The van der Waals surface area contributed by atoms with Gasteiger partial charge in [0.05, 0.1) is 20.8 Å². The van der Waals surface area contributed by atoms with Crippen molar-refractivity contribution < 1.29 is 19.1 Å². The zero-order valence-electron chi connectivity index (χ0n) is 18.2. The van der Waals surface area contributed by atoms with Crippen molar-refractivity contribution in [2.24, 2.45) is 0 Å². The maximum absolute atomic E-state index is 12.9. The predicted molar refractivity (Wildman–Crippen MR) is 141 cm³/mol. The second-order valence-electron chi connectivity index (χ2n) is 7.39. The summed E-state index contributed by atoms with van der Waals surface area (Å²) in [6.07, 6.45) is 1.72. The lowest BCUT2D eigenvalue weighted by Crippen LogP contribution is -2.27. The van der Waals surface area contributed by atoms with Crippen molar-refractivity contribution in [1.29, 1.82) is 0 Å². The molecular formula is C26H22INO4S. The lowest BCUT2D eigenvalue weighted by Gasteiger charge is -2.15. The smallest absolute Gasteiger partial charge is 0.298 e. The molecule has 0 aromatic heterocycles. The molecule has 1 aliphatic heterocycles. The van der Waals surface area contributed by atoms with Gasteiger partial charge >= 0.3 is 0 Å². The fourth-order valence-electron chi connectivity index (χ4n) is 3.33. The second kappa shape index (κ2) is 10.4. The highest BCUT2D eigenvalue weighted by Crippen LogP contribution is 2.39. The van der Waals surface area contributed by atoms with Gasteiger partial charge in [0.1, 0.15) is 6.61 Å². The van der Waals surface area contributed by atoms with E-state index in [0.29, 0.717) is 35.3 Å². The number of thioether (sulfide) groups is 1. The molecule has 3 aromatic carbocycles. The number of rotatable bonds is 7. The van der Waals surface area contributed by atoms with Gasteiger partial charge in [-0.3, -0.25) is 9.59 Å². The predicted octanol–water partition coefficient (Wildman–Crippen LogP) is 6.82. The molecule has 5 nitrogen and oxygen atoms in total. The molecule has 168 valence electrons. The van der Waals surface area contributed by atoms with Gasteiger partial charge in [-0.1, -0.05) is 48.0 Å². The Morgan fingerprint density at radius 2 is 1.73 bits per heavy atom. The molecule has 0 unspecified atom stereocenters. The molecule has 0 radical (unpaired) electrons. The summed E-state index contributed by atoms with van der Waals surface area (Å²) >= 11 is 3.14. The van der Waals surface area contributed by atoms with Gasteiger partial charge in [0, 0.05) is 0 Å². The molecule has 3 aromatic rings. The summed E-state index contributed by atoms with van der Waals surface area (Å²) in [4.78, 5) is 27.0. The Balaban J connectivity index is 1.59. The first kappa shape index (κ1) is 23.4. The Kier molecular flexibility index (Phi) is 7.39. The van der Waals surface area contributed by atoms with Crippen LogP contribution >= 0.6 is 34.4 Å². The summed E-state index contributed by atoms with van der Waals surface area (Å²) in [5, 5.41) is -0.310. The molecule has 0 saturated carbocycles. The molecular weight excluding hydrogens is 549 g/mol. The lowest BCUT2D eigenvalue weighted by molar-refractivity contribution is -0.113. The number of hydrogen-bond acceptors (Lipinski definition) is 5. The SMILES string of the molecule is CCOc1cc(/C=C2\SC(=O)N(c3ccccc3)C2=O)cc(I)c1OCc1ccc(C)cc1. The molecule has 4 rings (SSSR count). The highest BCUT2D eigenvalue weighted by molar-refractivity contribution is 14.1. The number of carbonyl (C=O) groups is 2. The summed E-state index contributed by atoms with van der Waals surface area (Å²) < 4.78 is 12.8. The van der Waals surface area contributed by atoms with Crippen LogP contribution < -0.4 is 14.4 Å². The highest BCUT2D eigenvalue weighted by atomic mass is 127. The molecule has 1 aliphatic rings. The summed E-state index contributed by atoms with van der Waals surface area (Å²) in [5.74, 6) is 0.932. The number of para-hydroxylation sites is 1. The Hall–Kier alpha value is -2.78. The fraction of sp³-hybridized carbons (Fsp3) is 0.154. The quantitative estimate of drug-likeness (QED) is 0.230. The zero-order valence-corrected chi connectivity index (χ0v) is 21.2. The molecule has 1 saturated heterocycles. The number of aryl methyl sites for hydroxylation is 1. The lowest BCUT2D eigenvalue weighted by atomic mass is 10.1. The van der Waals surface area contributed by atoms with Crippen LogP contribution in [0.25, 0.3) is 6.08 Å². The monoisotopic (exact) mass is 571 g/mol. The molecule has 0 aliphatic carbocycles. The van der Waals surface area contributed by atoms with Crippen molar-refractivity contribution in [2.75, 3.05) is 11.5 Å². The third kappa shape index (κ3) is 5.42. The van der Waals surface area contributed by atoms with Crippen LogP contribution in [0.2, 0.25) is 0 Å². The number of carbonyl (C=O) groups excluding carboxylic acids is 2. The van der Waals surface area contributed by atoms with Crippen LogP contribution in [-0.4, -0.2) is 17.8 Å². The van der Waals surface area contributed by atoms with E-state index < -0.39 is 0 Å². The number of ether oxygens (including phenoxy) is 2. The van der Waals surface area contributed by atoms with Gasteiger partial charge in [-0.25, -0.2) is 4.90 Å². The highest BCUT2D eigenvalue weighted by Gasteiger charge is 2.36.